The molecule has 136 valence electrons. The lowest BCUT2D eigenvalue weighted by molar-refractivity contribution is -0.123. The predicted octanol–water partition coefficient (Wildman–Crippen LogP) is 3.71. The van der Waals surface area contributed by atoms with Crippen LogP contribution < -0.4 is 10.6 Å². The fourth-order valence-electron chi connectivity index (χ4n) is 2.48. The van der Waals surface area contributed by atoms with Gasteiger partial charge in [0.05, 0.1) is 29.1 Å². The van der Waals surface area contributed by atoms with Gasteiger partial charge in [-0.2, -0.15) is 0 Å². The summed E-state index contributed by atoms with van der Waals surface area (Å²) in [6.45, 7) is 3.72. The van der Waals surface area contributed by atoms with Crippen LogP contribution in [0.15, 0.2) is 36.4 Å². The summed E-state index contributed by atoms with van der Waals surface area (Å²) >= 11 is 6.15. The second-order valence-electron chi connectivity index (χ2n) is 5.75. The quantitative estimate of drug-likeness (QED) is 0.617. The Morgan fingerprint density at radius 2 is 1.69 bits per heavy atom. The number of halogens is 1. The summed E-state index contributed by atoms with van der Waals surface area (Å²) in [7, 11) is 1.25. The van der Waals surface area contributed by atoms with Crippen LogP contribution in [-0.2, 0) is 14.3 Å². The van der Waals surface area contributed by atoms with Gasteiger partial charge in [0.1, 0.15) is 6.42 Å². The van der Waals surface area contributed by atoms with Crippen molar-refractivity contribution in [2.45, 2.75) is 20.3 Å². The zero-order valence-electron chi connectivity index (χ0n) is 14.7. The standard InChI is InChI=1S/C19H19ClN2O4/c1-11-8-12(2)18(14(20)9-11)22-17(24)10-16(23)21-15-7-5-4-6-13(15)19(25)26-3/h4-9H,10H2,1-3H3,(H,21,23)(H,22,24). The van der Waals surface area contributed by atoms with E-state index >= 15 is 0 Å². The van der Waals surface area contributed by atoms with Crippen LogP contribution in [0.5, 0.6) is 0 Å². The van der Waals surface area contributed by atoms with Crippen LogP contribution in [0.4, 0.5) is 11.4 Å². The highest BCUT2D eigenvalue weighted by Gasteiger charge is 2.16. The van der Waals surface area contributed by atoms with E-state index in [2.05, 4.69) is 15.4 Å². The van der Waals surface area contributed by atoms with Gasteiger partial charge in [-0.05, 0) is 43.2 Å². The van der Waals surface area contributed by atoms with Crippen LogP contribution in [0.2, 0.25) is 5.02 Å². The highest BCUT2D eigenvalue weighted by atomic mass is 35.5. The van der Waals surface area contributed by atoms with Gasteiger partial charge in [0.15, 0.2) is 0 Å². The number of rotatable bonds is 5. The summed E-state index contributed by atoms with van der Waals surface area (Å²) < 4.78 is 4.67. The normalized spacial score (nSPS) is 10.2. The number of carbonyl (C=O) groups is 3. The largest absolute Gasteiger partial charge is 0.465 e. The van der Waals surface area contributed by atoms with Crippen molar-refractivity contribution in [1.82, 2.24) is 0 Å². The molecule has 26 heavy (non-hydrogen) atoms. The minimum atomic E-state index is -0.576. The Morgan fingerprint density at radius 3 is 2.35 bits per heavy atom. The lowest BCUT2D eigenvalue weighted by atomic mass is 10.1. The van der Waals surface area contributed by atoms with Crippen LogP contribution in [0, 0.1) is 13.8 Å². The van der Waals surface area contributed by atoms with Crippen molar-refractivity contribution in [2.75, 3.05) is 17.7 Å². The summed E-state index contributed by atoms with van der Waals surface area (Å²) in [5.74, 6) is -1.64. The van der Waals surface area contributed by atoms with Crippen molar-refractivity contribution in [3.05, 3.63) is 58.1 Å². The molecular formula is C19H19ClN2O4. The van der Waals surface area contributed by atoms with Crippen LogP contribution >= 0.6 is 11.6 Å². The smallest absolute Gasteiger partial charge is 0.339 e. The number of benzene rings is 2. The molecule has 0 atom stereocenters. The number of esters is 1. The van der Waals surface area contributed by atoms with Gasteiger partial charge in [0.2, 0.25) is 11.8 Å². The van der Waals surface area contributed by atoms with E-state index in [1.54, 1.807) is 24.3 Å². The van der Waals surface area contributed by atoms with Crippen molar-refractivity contribution in [3.63, 3.8) is 0 Å². The molecule has 2 aromatic rings. The number of amides is 2. The molecule has 0 heterocycles. The van der Waals surface area contributed by atoms with Crippen molar-refractivity contribution >= 4 is 40.8 Å². The Hall–Kier alpha value is -2.86. The summed E-state index contributed by atoms with van der Waals surface area (Å²) in [5.41, 5.74) is 2.75. The lowest BCUT2D eigenvalue weighted by Crippen LogP contribution is -2.23. The van der Waals surface area contributed by atoms with E-state index in [9.17, 15) is 14.4 Å². The molecular weight excluding hydrogens is 356 g/mol. The Balaban J connectivity index is 2.05. The number of hydrogen-bond donors (Lipinski definition) is 2. The molecule has 2 aromatic carbocycles. The first-order valence-corrected chi connectivity index (χ1v) is 8.23. The summed E-state index contributed by atoms with van der Waals surface area (Å²) in [5, 5.41) is 5.60. The minimum Gasteiger partial charge on any atom is -0.465 e. The third-order valence-electron chi connectivity index (χ3n) is 3.62. The fourth-order valence-corrected chi connectivity index (χ4v) is 2.85. The van der Waals surface area contributed by atoms with Gasteiger partial charge < -0.3 is 15.4 Å². The fraction of sp³-hybridized carbons (Fsp3) is 0.211. The molecule has 0 aromatic heterocycles. The highest BCUT2D eigenvalue weighted by Crippen LogP contribution is 2.27. The minimum absolute atomic E-state index is 0.209. The molecule has 0 spiro atoms. The Labute approximate surface area is 156 Å². The number of ether oxygens (including phenoxy) is 1. The van der Waals surface area contributed by atoms with E-state index in [-0.39, 0.29) is 11.3 Å². The van der Waals surface area contributed by atoms with Gasteiger partial charge in [0, 0.05) is 0 Å². The summed E-state index contributed by atoms with van der Waals surface area (Å²) in [4.78, 5) is 36.0. The van der Waals surface area contributed by atoms with E-state index in [4.69, 9.17) is 11.6 Å². The molecule has 0 radical (unpaired) electrons. The molecule has 2 rings (SSSR count). The number of methoxy groups -OCH3 is 1. The van der Waals surface area contributed by atoms with Crippen LogP contribution in [0.1, 0.15) is 27.9 Å². The molecule has 6 nitrogen and oxygen atoms in total. The van der Waals surface area contributed by atoms with E-state index in [1.807, 2.05) is 19.9 Å². The molecule has 0 aliphatic heterocycles. The number of nitrogens with one attached hydrogen (secondary N) is 2. The first-order chi connectivity index (χ1) is 12.3. The molecule has 0 saturated heterocycles. The third kappa shape index (κ3) is 4.83. The zero-order valence-corrected chi connectivity index (χ0v) is 15.4. The molecule has 2 N–H and O–H groups in total. The van der Waals surface area contributed by atoms with Gasteiger partial charge in [-0.15, -0.1) is 0 Å². The second kappa shape index (κ2) is 8.49. The van der Waals surface area contributed by atoms with Crippen molar-refractivity contribution < 1.29 is 19.1 Å². The average Bonchev–Trinajstić information content (AvgIpc) is 2.57. The monoisotopic (exact) mass is 374 g/mol. The first kappa shape index (κ1) is 19.5. The van der Waals surface area contributed by atoms with Gasteiger partial charge >= 0.3 is 5.97 Å². The molecule has 0 fully saturated rings. The van der Waals surface area contributed by atoms with E-state index in [0.29, 0.717) is 10.7 Å². The summed E-state index contributed by atoms with van der Waals surface area (Å²) in [6, 6.07) is 10.0. The molecule has 0 unspecified atom stereocenters. The molecule has 0 bridgehead atoms. The molecule has 7 heteroatoms. The maximum atomic E-state index is 12.2. The average molecular weight is 375 g/mol. The van der Waals surface area contributed by atoms with Gasteiger partial charge in [-0.1, -0.05) is 29.8 Å². The van der Waals surface area contributed by atoms with Crippen LogP contribution in [0.25, 0.3) is 0 Å². The molecule has 2 amide bonds. The third-order valence-corrected chi connectivity index (χ3v) is 3.92. The van der Waals surface area contributed by atoms with Gasteiger partial charge in [0.25, 0.3) is 0 Å². The number of para-hydroxylation sites is 1. The van der Waals surface area contributed by atoms with Crippen molar-refractivity contribution in [1.29, 1.82) is 0 Å². The Bertz CT molecular complexity index is 841. The zero-order chi connectivity index (χ0) is 19.3. The van der Waals surface area contributed by atoms with E-state index in [0.717, 1.165) is 11.1 Å². The van der Waals surface area contributed by atoms with Crippen LogP contribution in [0.3, 0.4) is 0 Å². The predicted molar refractivity (Wildman–Crippen MR) is 101 cm³/mol. The molecule has 0 saturated carbocycles. The van der Waals surface area contributed by atoms with Crippen molar-refractivity contribution in [2.24, 2.45) is 0 Å². The number of aryl methyl sites for hydroxylation is 2. The summed E-state index contributed by atoms with van der Waals surface area (Å²) in [6.07, 6.45) is -0.418. The molecule has 0 aliphatic rings. The van der Waals surface area contributed by atoms with Crippen LogP contribution in [-0.4, -0.2) is 24.9 Å². The van der Waals surface area contributed by atoms with E-state index < -0.39 is 24.2 Å². The highest BCUT2D eigenvalue weighted by molar-refractivity contribution is 6.34. The van der Waals surface area contributed by atoms with Gasteiger partial charge in [-0.3, -0.25) is 9.59 Å². The topological polar surface area (TPSA) is 84.5 Å². The maximum absolute atomic E-state index is 12.2. The second-order valence-corrected chi connectivity index (χ2v) is 6.16. The first-order valence-electron chi connectivity index (χ1n) is 7.85. The maximum Gasteiger partial charge on any atom is 0.339 e. The van der Waals surface area contributed by atoms with Crippen molar-refractivity contribution in [3.8, 4) is 0 Å². The number of anilines is 2. The Kier molecular flexibility index (Phi) is 6.36. The number of carbonyl (C=O) groups excluding carboxylic acids is 3. The lowest BCUT2D eigenvalue weighted by Gasteiger charge is -2.12. The number of hydrogen-bond acceptors (Lipinski definition) is 4. The Morgan fingerprint density at radius 1 is 1.04 bits per heavy atom. The van der Waals surface area contributed by atoms with E-state index in [1.165, 1.54) is 13.2 Å². The molecule has 0 aliphatic carbocycles. The SMILES string of the molecule is COC(=O)c1ccccc1NC(=O)CC(=O)Nc1c(C)cc(C)cc1Cl. The van der Waals surface area contributed by atoms with Gasteiger partial charge in [-0.25, -0.2) is 4.79 Å².